The largest absolute Gasteiger partial charge is 0.437 e. The van der Waals surface area contributed by atoms with Gasteiger partial charge < -0.3 is 24.6 Å². The molecule has 0 saturated carbocycles. The Bertz CT molecular complexity index is 1370. The number of hydrogen-bond acceptors (Lipinski definition) is 9. The van der Waals surface area contributed by atoms with Crippen molar-refractivity contribution in [3.63, 3.8) is 0 Å². The molecule has 5 heterocycles. The van der Waals surface area contributed by atoms with Crippen molar-refractivity contribution in [1.29, 1.82) is 0 Å². The molecule has 4 aromatic rings. The van der Waals surface area contributed by atoms with E-state index in [1.54, 1.807) is 25.8 Å². The second kappa shape index (κ2) is 10.3. The maximum Gasteiger partial charge on any atom is 0.223 e. The average Bonchev–Trinajstić information content (AvgIpc) is 3.27. The Balaban J connectivity index is 1.38. The number of fused-ring (bicyclic) bond motifs is 1. The highest BCUT2D eigenvalue weighted by Crippen LogP contribution is 2.31. The molecule has 0 aromatic carbocycles. The topological polar surface area (TPSA) is 114 Å². The fraction of sp³-hybridized carbons (Fsp3) is 0.346. The molecule has 10 nitrogen and oxygen atoms in total. The second-order valence-corrected chi connectivity index (χ2v) is 9.04. The van der Waals surface area contributed by atoms with Crippen LogP contribution in [0.5, 0.6) is 11.6 Å². The van der Waals surface area contributed by atoms with E-state index in [0.717, 1.165) is 54.1 Å². The van der Waals surface area contributed by atoms with Gasteiger partial charge >= 0.3 is 0 Å². The summed E-state index contributed by atoms with van der Waals surface area (Å²) in [6.45, 7) is 4.09. The van der Waals surface area contributed by atoms with Gasteiger partial charge in [0.05, 0.1) is 35.8 Å². The summed E-state index contributed by atoms with van der Waals surface area (Å²) in [5.41, 5.74) is 4.96. The quantitative estimate of drug-likeness (QED) is 0.379. The summed E-state index contributed by atoms with van der Waals surface area (Å²) in [6.07, 6.45) is 8.99. The number of aromatic nitrogens is 5. The molecule has 186 valence electrons. The maximum absolute atomic E-state index is 9.38. The number of aliphatic imine (C=N–C) groups is 1. The van der Waals surface area contributed by atoms with Crippen molar-refractivity contribution >= 4 is 34.6 Å². The molecule has 5 rings (SSSR count). The number of ether oxygens (including phenoxy) is 1. The first kappa shape index (κ1) is 23.7. The van der Waals surface area contributed by atoms with Crippen LogP contribution in [-0.4, -0.2) is 62.6 Å². The number of rotatable bonds is 7. The lowest BCUT2D eigenvalue weighted by molar-refractivity contribution is 0.203. The van der Waals surface area contributed by atoms with Crippen LogP contribution in [0.3, 0.4) is 0 Å². The van der Waals surface area contributed by atoms with Crippen molar-refractivity contribution < 1.29 is 9.84 Å². The van der Waals surface area contributed by atoms with Crippen LogP contribution in [0, 0.1) is 12.8 Å². The summed E-state index contributed by atoms with van der Waals surface area (Å²) in [5, 5.41) is 12.8. The van der Waals surface area contributed by atoms with E-state index in [2.05, 4.69) is 41.2 Å². The predicted octanol–water partition coefficient (Wildman–Crippen LogP) is 3.86. The predicted molar refractivity (Wildman–Crippen MR) is 141 cm³/mol. The van der Waals surface area contributed by atoms with Gasteiger partial charge in [0.1, 0.15) is 11.3 Å². The minimum atomic E-state index is 0.268. The fourth-order valence-corrected chi connectivity index (χ4v) is 4.37. The molecule has 0 spiro atoms. The molecular weight excluding hydrogens is 456 g/mol. The SMILES string of the molecule is CN=Cc1cc(C)c(Oc2cc(Nc3ccc(N4CCC(CO)CC4)cn3)c3ncn(C)c3n2)cn1. The maximum atomic E-state index is 9.38. The van der Waals surface area contributed by atoms with Gasteiger partial charge in [0.15, 0.2) is 11.4 Å². The van der Waals surface area contributed by atoms with Crippen molar-refractivity contribution in [3.05, 3.63) is 54.2 Å². The van der Waals surface area contributed by atoms with E-state index in [-0.39, 0.29) is 6.61 Å². The highest BCUT2D eigenvalue weighted by Gasteiger charge is 2.19. The number of imidazole rings is 1. The van der Waals surface area contributed by atoms with E-state index in [1.165, 1.54) is 0 Å². The highest BCUT2D eigenvalue weighted by molar-refractivity contribution is 5.88. The van der Waals surface area contributed by atoms with Crippen molar-refractivity contribution in [2.45, 2.75) is 19.8 Å². The van der Waals surface area contributed by atoms with Crippen LogP contribution in [0.1, 0.15) is 24.1 Å². The molecular formula is C26H30N8O2. The lowest BCUT2D eigenvalue weighted by atomic mass is 9.98. The molecule has 4 aromatic heterocycles. The lowest BCUT2D eigenvalue weighted by Crippen LogP contribution is -2.34. The van der Waals surface area contributed by atoms with Crippen LogP contribution in [0.15, 0.2) is 48.0 Å². The van der Waals surface area contributed by atoms with Crippen LogP contribution in [-0.2, 0) is 7.05 Å². The minimum Gasteiger partial charge on any atom is -0.437 e. The van der Waals surface area contributed by atoms with Crippen LogP contribution in [0.25, 0.3) is 11.2 Å². The summed E-state index contributed by atoms with van der Waals surface area (Å²) in [6, 6.07) is 7.78. The second-order valence-electron chi connectivity index (χ2n) is 9.04. The van der Waals surface area contributed by atoms with E-state index in [0.29, 0.717) is 29.0 Å². The Kier molecular flexibility index (Phi) is 6.77. The molecule has 36 heavy (non-hydrogen) atoms. The number of piperidine rings is 1. The van der Waals surface area contributed by atoms with Crippen molar-refractivity contribution in [1.82, 2.24) is 24.5 Å². The first-order chi connectivity index (χ1) is 17.5. The summed E-state index contributed by atoms with van der Waals surface area (Å²) >= 11 is 0. The molecule has 0 atom stereocenters. The van der Waals surface area contributed by atoms with Gasteiger partial charge in [-0.2, -0.15) is 4.98 Å². The molecule has 0 bridgehead atoms. The Hall–Kier alpha value is -4.05. The Morgan fingerprint density at radius 3 is 2.69 bits per heavy atom. The zero-order chi connectivity index (χ0) is 25.1. The van der Waals surface area contributed by atoms with Crippen molar-refractivity contribution in [2.24, 2.45) is 18.0 Å². The van der Waals surface area contributed by atoms with Gasteiger partial charge in [0, 0.05) is 46.1 Å². The third-order valence-electron chi connectivity index (χ3n) is 6.45. The number of nitrogens with one attached hydrogen (secondary N) is 1. The fourth-order valence-electron chi connectivity index (χ4n) is 4.37. The molecule has 1 fully saturated rings. The zero-order valence-corrected chi connectivity index (χ0v) is 20.7. The van der Waals surface area contributed by atoms with Crippen LogP contribution >= 0.6 is 0 Å². The van der Waals surface area contributed by atoms with Gasteiger partial charge in [0.25, 0.3) is 0 Å². The lowest BCUT2D eigenvalue weighted by Gasteiger charge is -2.32. The first-order valence-corrected chi connectivity index (χ1v) is 12.0. The smallest absolute Gasteiger partial charge is 0.223 e. The molecule has 1 aliphatic heterocycles. The summed E-state index contributed by atoms with van der Waals surface area (Å²) < 4.78 is 7.98. The Labute approximate surface area is 209 Å². The zero-order valence-electron chi connectivity index (χ0n) is 20.7. The van der Waals surface area contributed by atoms with Crippen molar-refractivity contribution in [2.75, 3.05) is 37.0 Å². The summed E-state index contributed by atoms with van der Waals surface area (Å²) in [7, 11) is 3.61. The molecule has 1 aliphatic rings. The number of anilines is 3. The average molecular weight is 487 g/mol. The van der Waals surface area contributed by atoms with E-state index in [9.17, 15) is 5.11 Å². The molecule has 0 aliphatic carbocycles. The van der Waals surface area contributed by atoms with Crippen molar-refractivity contribution in [3.8, 4) is 11.6 Å². The van der Waals surface area contributed by atoms with Crippen LogP contribution in [0.2, 0.25) is 0 Å². The standard InChI is InChI=1S/C26H30N8O2/c1-17-10-19(12-27-2)28-14-22(17)36-24-11-21(25-26(32-24)33(3)16-30-25)31-23-5-4-20(13-29-23)34-8-6-18(15-35)7-9-34/h4-5,10-14,16,18,35H,6-9,15H2,1-3H3,(H,29,31,32). The number of hydrogen-bond donors (Lipinski definition) is 2. The molecule has 10 heteroatoms. The number of aliphatic hydroxyl groups is 1. The number of pyridine rings is 3. The highest BCUT2D eigenvalue weighted by atomic mass is 16.5. The van der Waals surface area contributed by atoms with Gasteiger partial charge in [-0.1, -0.05) is 0 Å². The molecule has 0 radical (unpaired) electrons. The van der Waals surface area contributed by atoms with Gasteiger partial charge in [-0.3, -0.25) is 9.98 Å². The normalized spacial score (nSPS) is 14.6. The molecule has 0 amide bonds. The van der Waals surface area contributed by atoms with E-state index < -0.39 is 0 Å². The van der Waals surface area contributed by atoms with Crippen LogP contribution < -0.4 is 15.0 Å². The number of aryl methyl sites for hydroxylation is 2. The third-order valence-corrected chi connectivity index (χ3v) is 6.45. The summed E-state index contributed by atoms with van der Waals surface area (Å²) in [5.74, 6) is 2.16. The van der Waals surface area contributed by atoms with Gasteiger partial charge in [0.2, 0.25) is 5.88 Å². The summed E-state index contributed by atoms with van der Waals surface area (Å²) in [4.78, 5) is 24.5. The van der Waals surface area contributed by atoms with Gasteiger partial charge in [-0.15, -0.1) is 0 Å². The third kappa shape index (κ3) is 4.99. The molecule has 1 saturated heterocycles. The Morgan fingerprint density at radius 1 is 1.17 bits per heavy atom. The van der Waals surface area contributed by atoms with Gasteiger partial charge in [-0.05, 0) is 49.4 Å². The van der Waals surface area contributed by atoms with E-state index in [1.807, 2.05) is 42.9 Å². The molecule has 2 N–H and O–H groups in total. The van der Waals surface area contributed by atoms with E-state index in [4.69, 9.17) is 4.74 Å². The Morgan fingerprint density at radius 2 is 2.00 bits per heavy atom. The number of nitrogens with zero attached hydrogens (tertiary/aromatic N) is 7. The monoisotopic (exact) mass is 486 g/mol. The first-order valence-electron chi connectivity index (χ1n) is 12.0. The van der Waals surface area contributed by atoms with E-state index >= 15 is 0 Å². The van der Waals surface area contributed by atoms with Gasteiger partial charge in [-0.25, -0.2) is 9.97 Å². The molecule has 0 unspecified atom stereocenters. The number of aliphatic hydroxyl groups excluding tert-OH is 1. The minimum absolute atomic E-state index is 0.268. The van der Waals surface area contributed by atoms with Crippen LogP contribution in [0.4, 0.5) is 17.2 Å².